The van der Waals surface area contributed by atoms with Gasteiger partial charge in [-0.25, -0.2) is 9.97 Å². The molecule has 4 rings (SSSR count). The summed E-state index contributed by atoms with van der Waals surface area (Å²) in [6, 6.07) is 7.91. The number of imide groups is 1. The van der Waals surface area contributed by atoms with E-state index in [0.29, 0.717) is 16.5 Å². The topological polar surface area (TPSA) is 84.8 Å². The molecule has 3 heterocycles. The summed E-state index contributed by atoms with van der Waals surface area (Å²) in [5.74, 6) is 1.93. The molecule has 7 heteroatoms. The van der Waals surface area contributed by atoms with E-state index in [9.17, 15) is 9.59 Å². The molecule has 2 fully saturated rings. The molecule has 1 aliphatic carbocycles. The van der Waals surface area contributed by atoms with Gasteiger partial charge in [-0.15, -0.1) is 0 Å². The fraction of sp³-hybridized carbons (Fsp3) is 0.458. The number of aromatic nitrogens is 3. The van der Waals surface area contributed by atoms with Gasteiger partial charge >= 0.3 is 0 Å². The molecule has 1 aliphatic heterocycles. The predicted octanol–water partition coefficient (Wildman–Crippen LogP) is 4.96. The average Bonchev–Trinajstić information content (AvgIpc) is 3.10. The van der Waals surface area contributed by atoms with Gasteiger partial charge in [-0.2, -0.15) is 0 Å². The van der Waals surface area contributed by atoms with Crippen LogP contribution in [0.2, 0.25) is 0 Å². The zero-order valence-corrected chi connectivity index (χ0v) is 18.4. The largest absolute Gasteiger partial charge is 0.290 e. The van der Waals surface area contributed by atoms with Crippen LogP contribution < -0.4 is 5.32 Å². The van der Waals surface area contributed by atoms with Gasteiger partial charge in [-0.05, 0) is 73.6 Å². The van der Waals surface area contributed by atoms with Crippen LogP contribution in [-0.4, -0.2) is 26.1 Å². The molecule has 0 atom stereocenters. The van der Waals surface area contributed by atoms with Gasteiger partial charge in [-0.3, -0.25) is 19.9 Å². The van der Waals surface area contributed by atoms with Crippen molar-refractivity contribution in [3.05, 3.63) is 58.8 Å². The number of aryl methyl sites for hydroxylation is 1. The van der Waals surface area contributed by atoms with Crippen LogP contribution in [0.3, 0.4) is 0 Å². The van der Waals surface area contributed by atoms with Crippen LogP contribution in [0, 0.1) is 11.8 Å². The van der Waals surface area contributed by atoms with Crippen molar-refractivity contribution in [2.75, 3.05) is 0 Å². The second kappa shape index (κ2) is 10.7. The number of nitrogens with zero attached hydrogens (tertiary/aromatic N) is 3. The van der Waals surface area contributed by atoms with E-state index in [0.717, 1.165) is 36.3 Å². The Labute approximate surface area is 187 Å². The summed E-state index contributed by atoms with van der Waals surface area (Å²) in [7, 11) is 0. The molecule has 0 spiro atoms. The summed E-state index contributed by atoms with van der Waals surface area (Å²) in [6.07, 6.45) is 16.1. The highest BCUT2D eigenvalue weighted by atomic mass is 32.2. The van der Waals surface area contributed by atoms with Crippen molar-refractivity contribution in [1.82, 2.24) is 20.3 Å². The van der Waals surface area contributed by atoms with Crippen LogP contribution in [0.15, 0.2) is 41.6 Å². The molecule has 0 radical (unpaired) electrons. The lowest BCUT2D eigenvalue weighted by atomic mass is 9.78. The molecule has 2 amide bonds. The van der Waals surface area contributed by atoms with Crippen LogP contribution in [-0.2, 0) is 17.6 Å². The van der Waals surface area contributed by atoms with E-state index < -0.39 is 0 Å². The van der Waals surface area contributed by atoms with Gasteiger partial charge in [0.25, 0.3) is 11.1 Å². The Balaban J connectivity index is 1.20. The van der Waals surface area contributed by atoms with Crippen molar-refractivity contribution in [2.45, 2.75) is 57.8 Å². The van der Waals surface area contributed by atoms with Crippen molar-refractivity contribution < 1.29 is 9.59 Å². The van der Waals surface area contributed by atoms with E-state index in [1.54, 1.807) is 18.3 Å². The standard InChI is InChI=1S/C24H28N4O2S/c29-23-21(31-24(30)28-23)16-20-12-14-26-22(27-20)15-18-10-8-17(9-11-18)5-1-2-6-19-7-3-4-13-25-19/h3-4,7,12-14,16-18H,1-2,5-6,8-11,15H2,(H,28,29,30)/b21-16-. The monoisotopic (exact) mass is 436 g/mol. The number of unbranched alkanes of at least 4 members (excludes halogenated alkanes) is 1. The van der Waals surface area contributed by atoms with Crippen LogP contribution >= 0.6 is 11.8 Å². The highest BCUT2D eigenvalue weighted by Gasteiger charge is 2.25. The summed E-state index contributed by atoms with van der Waals surface area (Å²) in [5.41, 5.74) is 1.88. The van der Waals surface area contributed by atoms with E-state index in [-0.39, 0.29) is 11.1 Å². The van der Waals surface area contributed by atoms with Gasteiger partial charge in [0.2, 0.25) is 0 Å². The molecule has 1 saturated heterocycles. The van der Waals surface area contributed by atoms with Gasteiger partial charge < -0.3 is 0 Å². The minimum absolute atomic E-state index is 0.334. The van der Waals surface area contributed by atoms with Crippen molar-refractivity contribution in [3.8, 4) is 0 Å². The maximum Gasteiger partial charge on any atom is 0.290 e. The molecule has 0 aromatic carbocycles. The first-order valence-corrected chi connectivity index (χ1v) is 11.9. The van der Waals surface area contributed by atoms with Crippen molar-refractivity contribution in [1.29, 1.82) is 0 Å². The predicted molar refractivity (Wildman–Crippen MR) is 122 cm³/mol. The third kappa shape index (κ3) is 6.47. The molecular weight excluding hydrogens is 408 g/mol. The second-order valence-corrected chi connectivity index (χ2v) is 9.42. The third-order valence-corrected chi connectivity index (χ3v) is 6.92. The first-order valence-electron chi connectivity index (χ1n) is 11.1. The fourth-order valence-electron chi connectivity index (χ4n) is 4.42. The number of nitrogens with one attached hydrogen (secondary N) is 1. The maximum absolute atomic E-state index is 11.7. The summed E-state index contributed by atoms with van der Waals surface area (Å²) in [6.45, 7) is 0. The van der Waals surface area contributed by atoms with E-state index >= 15 is 0 Å². The molecule has 2 aromatic rings. The van der Waals surface area contributed by atoms with Gasteiger partial charge in [-0.1, -0.05) is 31.7 Å². The Morgan fingerprint density at radius 2 is 1.84 bits per heavy atom. The van der Waals surface area contributed by atoms with Gasteiger partial charge in [0.15, 0.2) is 0 Å². The number of carbonyl (C=O) groups excluding carboxylic acids is 2. The second-order valence-electron chi connectivity index (χ2n) is 8.41. The van der Waals surface area contributed by atoms with Crippen LogP contribution in [0.1, 0.15) is 62.2 Å². The number of hydrogen-bond donors (Lipinski definition) is 1. The highest BCUT2D eigenvalue weighted by Crippen LogP contribution is 2.33. The van der Waals surface area contributed by atoms with Crippen molar-refractivity contribution in [3.63, 3.8) is 0 Å². The SMILES string of the molecule is O=C1NC(=O)/C(=C/c2ccnc(CC3CCC(CCCCc4ccccn4)CC3)n2)S1. The van der Waals surface area contributed by atoms with E-state index in [4.69, 9.17) is 0 Å². The van der Waals surface area contributed by atoms with Gasteiger partial charge in [0.1, 0.15) is 5.82 Å². The van der Waals surface area contributed by atoms with E-state index in [1.165, 1.54) is 50.6 Å². The van der Waals surface area contributed by atoms with E-state index in [2.05, 4.69) is 32.4 Å². The lowest BCUT2D eigenvalue weighted by Gasteiger charge is -2.28. The minimum Gasteiger partial charge on any atom is -0.282 e. The maximum atomic E-state index is 11.7. The Bertz CT molecular complexity index is 940. The molecule has 1 N–H and O–H groups in total. The molecular formula is C24H28N4O2S. The molecule has 0 unspecified atom stereocenters. The van der Waals surface area contributed by atoms with Crippen LogP contribution in [0.4, 0.5) is 4.79 Å². The van der Waals surface area contributed by atoms with E-state index in [1.807, 2.05) is 12.3 Å². The molecule has 1 saturated carbocycles. The summed E-state index contributed by atoms with van der Waals surface area (Å²) in [5, 5.41) is 1.93. The summed E-state index contributed by atoms with van der Waals surface area (Å²) >= 11 is 0.915. The van der Waals surface area contributed by atoms with Crippen molar-refractivity contribution in [2.24, 2.45) is 11.8 Å². The van der Waals surface area contributed by atoms with Gasteiger partial charge in [0, 0.05) is 24.5 Å². The number of thioether (sulfide) groups is 1. The average molecular weight is 437 g/mol. The molecule has 31 heavy (non-hydrogen) atoms. The first-order chi connectivity index (χ1) is 15.2. The zero-order valence-electron chi connectivity index (χ0n) is 17.6. The smallest absolute Gasteiger partial charge is 0.282 e. The Morgan fingerprint density at radius 3 is 2.58 bits per heavy atom. The van der Waals surface area contributed by atoms with Gasteiger partial charge in [0.05, 0.1) is 10.6 Å². The lowest BCUT2D eigenvalue weighted by Crippen LogP contribution is -2.18. The number of hydrogen-bond acceptors (Lipinski definition) is 6. The first kappa shape index (κ1) is 21.7. The number of pyridine rings is 1. The lowest BCUT2D eigenvalue weighted by molar-refractivity contribution is -0.115. The Hall–Kier alpha value is -2.54. The van der Waals surface area contributed by atoms with Crippen LogP contribution in [0.5, 0.6) is 0 Å². The molecule has 2 aromatic heterocycles. The highest BCUT2D eigenvalue weighted by molar-refractivity contribution is 8.18. The summed E-state index contributed by atoms with van der Waals surface area (Å²) < 4.78 is 0. The Morgan fingerprint density at radius 1 is 1.00 bits per heavy atom. The number of carbonyl (C=O) groups is 2. The Kier molecular flexibility index (Phi) is 7.46. The molecule has 162 valence electrons. The zero-order chi connectivity index (χ0) is 21.5. The summed E-state index contributed by atoms with van der Waals surface area (Å²) in [4.78, 5) is 36.9. The minimum atomic E-state index is -0.353. The molecule has 0 bridgehead atoms. The third-order valence-electron chi connectivity index (χ3n) is 6.11. The number of rotatable bonds is 8. The van der Waals surface area contributed by atoms with Crippen molar-refractivity contribution >= 4 is 29.0 Å². The normalized spacial score (nSPS) is 22.6. The van der Waals surface area contributed by atoms with Crippen LogP contribution in [0.25, 0.3) is 6.08 Å². The number of amides is 2. The molecule has 6 nitrogen and oxygen atoms in total. The fourth-order valence-corrected chi connectivity index (χ4v) is 5.08. The molecule has 2 aliphatic rings. The quantitative estimate of drug-likeness (QED) is 0.465.